The van der Waals surface area contributed by atoms with Crippen molar-refractivity contribution in [3.63, 3.8) is 0 Å². The highest BCUT2D eigenvalue weighted by atomic mass is 32.2. The van der Waals surface area contributed by atoms with Gasteiger partial charge in [-0.1, -0.05) is 69.7 Å². The number of benzene rings is 3. The maximum atomic E-state index is 14.3. The molecule has 0 aromatic heterocycles. The van der Waals surface area contributed by atoms with E-state index in [1.165, 1.54) is 24.0 Å². The number of fused-ring (bicyclic) bond motifs is 3. The highest BCUT2D eigenvalue weighted by molar-refractivity contribution is 8.00. The average molecular weight is 1400 g/mol. The molecule has 16 N–H and O–H groups in total. The maximum Gasteiger partial charge on any atom is 0.357 e. The van der Waals surface area contributed by atoms with Gasteiger partial charge in [-0.05, 0) is 133 Å². The summed E-state index contributed by atoms with van der Waals surface area (Å²) in [6.07, 6.45) is 3.69. The second-order valence-corrected chi connectivity index (χ2v) is 26.9. The number of carboxylic acids is 2. The lowest BCUT2D eigenvalue weighted by molar-refractivity contribution is -0.142. The van der Waals surface area contributed by atoms with Crippen molar-refractivity contribution in [2.75, 3.05) is 31.9 Å². The second-order valence-electron chi connectivity index (χ2n) is 25.6. The van der Waals surface area contributed by atoms with Crippen molar-refractivity contribution in [2.45, 2.75) is 196 Å². The van der Waals surface area contributed by atoms with Crippen LogP contribution >= 0.6 is 11.8 Å². The van der Waals surface area contributed by atoms with E-state index in [4.69, 9.17) is 21.0 Å². The molecule has 11 amide bonds. The standard InChI is InChI=1S/C68H93N13O17S/c1-5-44(74-55(83)25-11-10-24-53-58-49(36-99-53)79-68(96)80-58)64(90)81-32-16-21-50(81)63(89)77-46(28-29-54(70)82)60(86)71-35-56(84)75-48(33-37(2)3)62(88)76-45(61(87)73-38(4)59(85)78-47(66(93)94)20-12-14-30-69)19-13-15-31-72-98-67(95)40-27-26-39(34-43(40)65(91)92)57-41-17-6-8-22-51(41)97-52-23-9-7-18-42(52)57/h6-9,17-18,22-23,26-27,34,37-38,44-50,53,57-58,72H,5,10-16,19-21,24-25,28-33,35-36,69H2,1-4H3,(H2,70,82)(H,71,86)(H,73,87)(H,74,83)(H,75,84)(H,76,88)(H,77,89)(H,78,85)(H,91,92)(H,93,94)(H2,79,80,96)/t38-,44-,45-,46-,47-,48-,49?,50-,53?,58?/m0/s1. The number of carbonyl (C=O) groups is 13. The Kier molecular flexibility index (Phi) is 29.2. The molecule has 3 aromatic rings. The number of urea groups is 1. The van der Waals surface area contributed by atoms with Gasteiger partial charge in [-0.2, -0.15) is 17.2 Å². The molecule has 31 heteroatoms. The molecule has 3 fully saturated rings. The fraction of sp³-hybridized carbons (Fsp3) is 0.544. The number of amides is 11. The van der Waals surface area contributed by atoms with Gasteiger partial charge < -0.3 is 84.0 Å². The van der Waals surface area contributed by atoms with Crippen LogP contribution in [0.3, 0.4) is 0 Å². The van der Waals surface area contributed by atoms with Crippen LogP contribution in [-0.4, -0.2) is 184 Å². The van der Waals surface area contributed by atoms with E-state index in [0.29, 0.717) is 49.3 Å². The van der Waals surface area contributed by atoms with Crippen LogP contribution in [0.1, 0.15) is 174 Å². The highest BCUT2D eigenvalue weighted by Gasteiger charge is 2.43. The zero-order valence-electron chi connectivity index (χ0n) is 56.2. The van der Waals surface area contributed by atoms with Gasteiger partial charge in [0.2, 0.25) is 53.2 Å². The Morgan fingerprint density at radius 2 is 1.35 bits per heavy atom. The fourth-order valence-corrected chi connectivity index (χ4v) is 14.0. The molecule has 4 aliphatic rings. The highest BCUT2D eigenvalue weighted by Crippen LogP contribution is 2.47. The van der Waals surface area contributed by atoms with E-state index in [-0.39, 0.29) is 124 Å². The molecular formula is C68H93N13O17S. The van der Waals surface area contributed by atoms with Gasteiger partial charge >= 0.3 is 23.9 Å². The summed E-state index contributed by atoms with van der Waals surface area (Å²) in [5.41, 5.74) is 15.2. The summed E-state index contributed by atoms with van der Waals surface area (Å²) in [5.74, 6) is -8.98. The number of nitrogens with zero attached hydrogens (tertiary/aromatic N) is 1. The Labute approximate surface area is 578 Å². The van der Waals surface area contributed by atoms with Crippen LogP contribution in [0, 0.1) is 5.92 Å². The van der Waals surface area contributed by atoms with Crippen LogP contribution in [-0.2, 0) is 52.8 Å². The van der Waals surface area contributed by atoms with Crippen molar-refractivity contribution >= 4 is 88.9 Å². The molecule has 4 aliphatic heterocycles. The lowest BCUT2D eigenvalue weighted by Crippen LogP contribution is -2.58. The predicted molar refractivity (Wildman–Crippen MR) is 362 cm³/mol. The van der Waals surface area contributed by atoms with Gasteiger partial charge in [0.1, 0.15) is 53.8 Å². The van der Waals surface area contributed by atoms with Crippen LogP contribution in [0.2, 0.25) is 0 Å². The number of nitrogens with one attached hydrogen (secondary N) is 10. The third-order valence-corrected chi connectivity index (χ3v) is 19.2. The first-order chi connectivity index (χ1) is 47.4. The molecule has 3 unspecified atom stereocenters. The van der Waals surface area contributed by atoms with Crippen molar-refractivity contribution < 1.29 is 82.1 Å². The number of thioether (sulfide) groups is 1. The molecule has 3 aromatic carbocycles. The number of unbranched alkanes of at least 4 members (excludes halogenated alkanes) is 3. The summed E-state index contributed by atoms with van der Waals surface area (Å²) < 4.78 is 6.12. The lowest BCUT2D eigenvalue weighted by Gasteiger charge is -2.29. The molecule has 0 saturated carbocycles. The van der Waals surface area contributed by atoms with Crippen molar-refractivity contribution in [1.29, 1.82) is 0 Å². The van der Waals surface area contributed by atoms with Crippen LogP contribution in [0.4, 0.5) is 4.79 Å². The molecule has 99 heavy (non-hydrogen) atoms. The third-order valence-electron chi connectivity index (χ3n) is 17.7. The minimum absolute atomic E-state index is 0.0104. The quantitative estimate of drug-likeness (QED) is 0.0173. The summed E-state index contributed by atoms with van der Waals surface area (Å²) in [6, 6.07) is 10.4. The third kappa shape index (κ3) is 22.1. The van der Waals surface area contributed by atoms with E-state index in [2.05, 4.69) is 53.3 Å². The number of para-hydroxylation sites is 2. The molecule has 0 spiro atoms. The lowest BCUT2D eigenvalue weighted by atomic mass is 9.81. The summed E-state index contributed by atoms with van der Waals surface area (Å²) in [6.45, 7) is 6.28. The van der Waals surface area contributed by atoms with E-state index < -0.39 is 120 Å². The van der Waals surface area contributed by atoms with E-state index in [1.54, 1.807) is 38.6 Å². The zero-order valence-corrected chi connectivity index (χ0v) is 57.0. The van der Waals surface area contributed by atoms with Crippen LogP contribution in [0.25, 0.3) is 0 Å². The van der Waals surface area contributed by atoms with Gasteiger partial charge in [-0.25, -0.2) is 19.2 Å². The van der Waals surface area contributed by atoms with Gasteiger partial charge in [0.15, 0.2) is 0 Å². The van der Waals surface area contributed by atoms with Crippen LogP contribution in [0.5, 0.6) is 11.5 Å². The number of primary amides is 1. The second kappa shape index (κ2) is 37.6. The monoisotopic (exact) mass is 1400 g/mol. The number of ether oxygens (including phenoxy) is 1. The van der Waals surface area contributed by atoms with Gasteiger partial charge in [-0.15, -0.1) is 0 Å². The number of hydrogen-bond donors (Lipinski definition) is 14. The van der Waals surface area contributed by atoms with Crippen molar-refractivity contribution in [2.24, 2.45) is 17.4 Å². The van der Waals surface area contributed by atoms with E-state index >= 15 is 0 Å². The topological polar surface area (TPSA) is 456 Å². The number of rotatable bonds is 39. The van der Waals surface area contributed by atoms with Gasteiger partial charge in [0.05, 0.1) is 29.8 Å². The van der Waals surface area contributed by atoms with E-state index in [9.17, 15) is 72.5 Å². The Balaban J connectivity index is 0.944. The summed E-state index contributed by atoms with van der Waals surface area (Å²) in [5, 5.41) is 44.3. The van der Waals surface area contributed by atoms with Gasteiger partial charge in [0.25, 0.3) is 0 Å². The summed E-state index contributed by atoms with van der Waals surface area (Å²) in [4.78, 5) is 179. The minimum Gasteiger partial charge on any atom is -0.480 e. The molecule has 7 rings (SSSR count). The zero-order chi connectivity index (χ0) is 71.9. The molecular weight excluding hydrogens is 1300 g/mol. The fourth-order valence-electron chi connectivity index (χ4n) is 12.5. The summed E-state index contributed by atoms with van der Waals surface area (Å²) in [7, 11) is 0. The largest absolute Gasteiger partial charge is 0.480 e. The summed E-state index contributed by atoms with van der Waals surface area (Å²) >= 11 is 1.78. The molecule has 0 bridgehead atoms. The van der Waals surface area contributed by atoms with Crippen molar-refractivity contribution in [3.8, 4) is 11.5 Å². The first-order valence-electron chi connectivity index (χ1n) is 33.8. The van der Waals surface area contributed by atoms with Crippen LogP contribution in [0.15, 0.2) is 66.7 Å². The normalized spacial score (nSPS) is 18.5. The minimum atomic E-state index is -1.43. The van der Waals surface area contributed by atoms with Gasteiger partial charge in [0, 0.05) is 54.0 Å². The first-order valence-corrected chi connectivity index (χ1v) is 34.9. The molecule has 0 aliphatic carbocycles. The Bertz CT molecular complexity index is 3390. The number of likely N-dealkylation sites (tertiary alicyclic amines) is 1. The van der Waals surface area contributed by atoms with E-state index in [0.717, 1.165) is 29.7 Å². The molecule has 0 radical (unpaired) electrons. The Morgan fingerprint density at radius 3 is 2.02 bits per heavy atom. The maximum absolute atomic E-state index is 14.3. The smallest absolute Gasteiger partial charge is 0.357 e. The number of aliphatic carboxylic acids is 1. The number of hydroxylamine groups is 1. The predicted octanol–water partition coefficient (Wildman–Crippen LogP) is 2.20. The van der Waals surface area contributed by atoms with E-state index in [1.807, 2.05) is 48.5 Å². The molecule has 10 atom stereocenters. The Morgan fingerprint density at radius 1 is 0.697 bits per heavy atom. The molecule has 30 nitrogen and oxygen atoms in total. The number of hydrogen-bond acceptors (Lipinski definition) is 18. The van der Waals surface area contributed by atoms with Gasteiger partial charge in [-0.3, -0.25) is 43.2 Å². The average Bonchev–Trinajstić information content (AvgIpc) is 1.40. The van der Waals surface area contributed by atoms with Crippen molar-refractivity contribution in [3.05, 3.63) is 94.5 Å². The Hall–Kier alpha value is -9.36. The number of carbonyl (C=O) groups excluding carboxylic acids is 11. The number of aromatic carboxylic acids is 1. The molecule has 3 saturated heterocycles. The number of nitrogens with two attached hydrogens (primary N) is 2. The molecule has 538 valence electrons. The van der Waals surface area contributed by atoms with Crippen molar-refractivity contribution in [1.82, 2.24) is 58.2 Å². The van der Waals surface area contributed by atoms with Crippen LogP contribution < -0.4 is 69.5 Å². The SMILES string of the molecule is CC[C@H](NC(=O)CCCCC1SCC2NC(=O)NC21)C(=O)N1CCC[C@H]1C(=O)N[C@@H](CCC(N)=O)C(=O)NCC(=O)N[C@@H](CC(C)C)C(=O)N[C@@H](CCCCNOC(=O)c1ccc(C2c3ccccc3Oc3ccccc32)cc1C(=O)O)C(=O)N[C@@H](C)C(=O)N[C@@H](CCCCN)C(=O)O. The first kappa shape index (κ1) is 77.0. The number of carboxylic acid groups (broad SMARTS) is 2. The molecule has 4 heterocycles.